The first-order chi connectivity index (χ1) is 10.2. The van der Waals surface area contributed by atoms with E-state index in [1.807, 2.05) is 4.90 Å². The number of likely N-dealkylation sites (tertiary alicyclic amines) is 1. The fourth-order valence-electron chi connectivity index (χ4n) is 3.81. The second kappa shape index (κ2) is 6.00. The number of hydrogen-bond donors (Lipinski definition) is 1. The Balaban J connectivity index is 1.84. The smallest absolute Gasteiger partial charge is 0.257 e. The van der Waals surface area contributed by atoms with Crippen LogP contribution in [0.2, 0.25) is 0 Å². The van der Waals surface area contributed by atoms with E-state index >= 15 is 0 Å². The van der Waals surface area contributed by atoms with Gasteiger partial charge in [0.2, 0.25) is 0 Å². The number of pyridine rings is 1. The van der Waals surface area contributed by atoms with Crippen LogP contribution in [0.1, 0.15) is 48.9 Å². The zero-order valence-corrected chi connectivity index (χ0v) is 12.4. The molecule has 1 aliphatic carbocycles. The quantitative estimate of drug-likeness (QED) is 0.931. The first-order valence-corrected chi connectivity index (χ1v) is 7.85. The predicted octanol–water partition coefficient (Wildman–Crippen LogP) is 3.06. The maximum absolute atomic E-state index is 14.3. The van der Waals surface area contributed by atoms with Crippen LogP contribution in [0.5, 0.6) is 0 Å². The highest BCUT2D eigenvalue weighted by molar-refractivity contribution is 5.95. The van der Waals surface area contributed by atoms with Crippen molar-refractivity contribution in [1.82, 2.24) is 9.88 Å². The van der Waals surface area contributed by atoms with Crippen LogP contribution < -0.4 is 5.32 Å². The fraction of sp³-hybridized carbons (Fsp3) is 0.625. The Morgan fingerprint density at radius 3 is 2.81 bits per heavy atom. The molecule has 5 heteroatoms. The molecule has 1 N–H and O–H groups in total. The summed E-state index contributed by atoms with van der Waals surface area (Å²) in [5.74, 6) is 0.0189. The van der Waals surface area contributed by atoms with Crippen LogP contribution in [-0.4, -0.2) is 35.4 Å². The van der Waals surface area contributed by atoms with Crippen molar-refractivity contribution in [1.29, 1.82) is 0 Å². The number of carbonyl (C=O) groups is 1. The molecular formula is C16H22FN3O. The van der Waals surface area contributed by atoms with Crippen molar-refractivity contribution in [2.24, 2.45) is 5.92 Å². The third-order valence-corrected chi connectivity index (χ3v) is 4.86. The van der Waals surface area contributed by atoms with Crippen molar-refractivity contribution in [2.45, 2.75) is 44.6 Å². The summed E-state index contributed by atoms with van der Waals surface area (Å²) in [5.41, 5.74) is 0.138. The predicted molar refractivity (Wildman–Crippen MR) is 79.8 cm³/mol. The second-order valence-electron chi connectivity index (χ2n) is 6.02. The van der Waals surface area contributed by atoms with Crippen molar-refractivity contribution in [2.75, 3.05) is 18.9 Å². The first-order valence-electron chi connectivity index (χ1n) is 7.85. The fourth-order valence-corrected chi connectivity index (χ4v) is 3.81. The van der Waals surface area contributed by atoms with Gasteiger partial charge in [-0.05, 0) is 37.7 Å². The van der Waals surface area contributed by atoms with Crippen LogP contribution in [0, 0.1) is 11.7 Å². The molecule has 21 heavy (non-hydrogen) atoms. The number of nitrogens with one attached hydrogen (secondary N) is 1. The molecular weight excluding hydrogens is 269 g/mol. The number of nitrogens with zero attached hydrogens (tertiary/aromatic N) is 2. The van der Waals surface area contributed by atoms with E-state index in [0.29, 0.717) is 12.0 Å². The van der Waals surface area contributed by atoms with Gasteiger partial charge in [-0.3, -0.25) is 4.79 Å². The van der Waals surface area contributed by atoms with Gasteiger partial charge in [0, 0.05) is 25.8 Å². The highest BCUT2D eigenvalue weighted by Crippen LogP contribution is 2.36. The number of carbonyl (C=O) groups excluding carboxylic acids is 1. The lowest BCUT2D eigenvalue weighted by Gasteiger charge is -2.29. The van der Waals surface area contributed by atoms with E-state index in [1.165, 1.54) is 37.9 Å². The molecule has 0 radical (unpaired) electrons. The molecule has 2 fully saturated rings. The molecule has 114 valence electrons. The zero-order valence-electron chi connectivity index (χ0n) is 12.4. The minimum atomic E-state index is -0.540. The third-order valence-electron chi connectivity index (χ3n) is 4.86. The SMILES string of the molecule is CNc1nccc(C(=O)N2CCCC2C2CCCC2)c1F. The average Bonchev–Trinajstić information content (AvgIpc) is 3.17. The topological polar surface area (TPSA) is 45.2 Å². The van der Waals surface area contributed by atoms with E-state index in [0.717, 1.165) is 19.4 Å². The highest BCUT2D eigenvalue weighted by Gasteiger charge is 2.37. The molecule has 0 aromatic carbocycles. The average molecular weight is 291 g/mol. The van der Waals surface area contributed by atoms with Crippen molar-refractivity contribution >= 4 is 11.7 Å². The largest absolute Gasteiger partial charge is 0.371 e. The normalized spacial score (nSPS) is 22.8. The Kier molecular flexibility index (Phi) is 4.08. The summed E-state index contributed by atoms with van der Waals surface area (Å²) in [7, 11) is 1.61. The molecule has 1 unspecified atom stereocenters. The molecule has 0 spiro atoms. The monoisotopic (exact) mass is 291 g/mol. The maximum Gasteiger partial charge on any atom is 0.257 e. The standard InChI is InChI=1S/C16H22FN3O/c1-18-15-14(17)12(8-9-19-15)16(21)20-10-4-7-13(20)11-5-2-3-6-11/h8-9,11,13H,2-7,10H2,1H3,(H,18,19). The summed E-state index contributed by atoms with van der Waals surface area (Å²) in [5, 5.41) is 2.69. The summed E-state index contributed by atoms with van der Waals surface area (Å²) >= 11 is 0. The Morgan fingerprint density at radius 2 is 2.10 bits per heavy atom. The lowest BCUT2D eigenvalue weighted by atomic mass is 9.95. The van der Waals surface area contributed by atoms with Crippen molar-refractivity contribution in [3.63, 3.8) is 0 Å². The van der Waals surface area contributed by atoms with Gasteiger partial charge in [0.25, 0.3) is 5.91 Å². The summed E-state index contributed by atoms with van der Waals surface area (Å²) < 4.78 is 14.3. The van der Waals surface area contributed by atoms with Gasteiger partial charge in [0.05, 0.1) is 5.56 Å². The molecule has 3 rings (SSSR count). The van der Waals surface area contributed by atoms with Crippen LogP contribution in [0.25, 0.3) is 0 Å². The molecule has 1 saturated heterocycles. The number of rotatable bonds is 3. The summed E-state index contributed by atoms with van der Waals surface area (Å²) in [4.78, 5) is 18.5. The number of halogens is 1. The minimum absolute atomic E-state index is 0.137. The Labute approximate surface area is 124 Å². The molecule has 1 aromatic rings. The van der Waals surface area contributed by atoms with E-state index in [1.54, 1.807) is 7.05 Å². The van der Waals surface area contributed by atoms with E-state index in [2.05, 4.69) is 10.3 Å². The molecule has 1 saturated carbocycles. The zero-order chi connectivity index (χ0) is 14.8. The van der Waals surface area contributed by atoms with Gasteiger partial charge in [-0.2, -0.15) is 0 Å². The number of amides is 1. The van der Waals surface area contributed by atoms with E-state index in [-0.39, 0.29) is 17.3 Å². The second-order valence-corrected chi connectivity index (χ2v) is 6.02. The van der Waals surface area contributed by atoms with Gasteiger partial charge in [-0.1, -0.05) is 12.8 Å². The summed E-state index contributed by atoms with van der Waals surface area (Å²) in [6.45, 7) is 0.747. The van der Waals surface area contributed by atoms with Crippen LogP contribution in [0.4, 0.5) is 10.2 Å². The Morgan fingerprint density at radius 1 is 1.33 bits per heavy atom. The van der Waals surface area contributed by atoms with Crippen LogP contribution in [-0.2, 0) is 0 Å². The van der Waals surface area contributed by atoms with Gasteiger partial charge in [0.1, 0.15) is 0 Å². The molecule has 1 aromatic heterocycles. The van der Waals surface area contributed by atoms with Crippen LogP contribution in [0.3, 0.4) is 0 Å². The summed E-state index contributed by atoms with van der Waals surface area (Å²) in [6.07, 6.45) is 8.50. The van der Waals surface area contributed by atoms with Crippen molar-refractivity contribution < 1.29 is 9.18 Å². The maximum atomic E-state index is 14.3. The molecule has 2 aliphatic rings. The molecule has 1 aliphatic heterocycles. The highest BCUT2D eigenvalue weighted by atomic mass is 19.1. The van der Waals surface area contributed by atoms with Gasteiger partial charge < -0.3 is 10.2 Å². The Hall–Kier alpha value is -1.65. The lowest BCUT2D eigenvalue weighted by Crippen LogP contribution is -2.39. The van der Waals surface area contributed by atoms with Crippen molar-refractivity contribution in [3.05, 3.63) is 23.6 Å². The van der Waals surface area contributed by atoms with E-state index < -0.39 is 5.82 Å². The van der Waals surface area contributed by atoms with Gasteiger partial charge in [0.15, 0.2) is 11.6 Å². The van der Waals surface area contributed by atoms with Gasteiger partial charge in [-0.25, -0.2) is 9.37 Å². The van der Waals surface area contributed by atoms with Crippen LogP contribution in [0.15, 0.2) is 12.3 Å². The molecule has 1 atom stereocenters. The van der Waals surface area contributed by atoms with Gasteiger partial charge in [-0.15, -0.1) is 0 Å². The Bertz CT molecular complexity index is 528. The van der Waals surface area contributed by atoms with E-state index in [4.69, 9.17) is 0 Å². The van der Waals surface area contributed by atoms with Gasteiger partial charge >= 0.3 is 0 Å². The molecule has 0 bridgehead atoms. The number of anilines is 1. The number of aromatic nitrogens is 1. The number of hydrogen-bond acceptors (Lipinski definition) is 3. The van der Waals surface area contributed by atoms with E-state index in [9.17, 15) is 9.18 Å². The molecule has 1 amide bonds. The minimum Gasteiger partial charge on any atom is -0.371 e. The summed E-state index contributed by atoms with van der Waals surface area (Å²) in [6, 6.07) is 1.79. The van der Waals surface area contributed by atoms with Crippen LogP contribution >= 0.6 is 0 Å². The first kappa shape index (κ1) is 14.3. The third kappa shape index (κ3) is 2.61. The lowest BCUT2D eigenvalue weighted by molar-refractivity contribution is 0.0684. The molecule has 2 heterocycles. The molecule has 4 nitrogen and oxygen atoms in total. The van der Waals surface area contributed by atoms with Crippen molar-refractivity contribution in [3.8, 4) is 0 Å².